The van der Waals surface area contributed by atoms with Crippen molar-refractivity contribution in [2.24, 2.45) is 0 Å². The van der Waals surface area contributed by atoms with Crippen LogP contribution < -0.4 is 10.1 Å². The number of ether oxygens (including phenoxy) is 1. The van der Waals surface area contributed by atoms with E-state index in [0.29, 0.717) is 6.04 Å². The Morgan fingerprint density at radius 1 is 1.32 bits per heavy atom. The molecule has 0 aromatic heterocycles. The highest BCUT2D eigenvalue weighted by molar-refractivity contribution is 5.37. The summed E-state index contributed by atoms with van der Waals surface area (Å²) in [6.45, 7) is 5.93. The van der Waals surface area contributed by atoms with Crippen LogP contribution in [0.5, 0.6) is 5.75 Å². The van der Waals surface area contributed by atoms with Gasteiger partial charge in [0, 0.05) is 6.04 Å². The fourth-order valence-corrected chi connectivity index (χ4v) is 2.39. The van der Waals surface area contributed by atoms with Crippen LogP contribution in [0, 0.1) is 6.92 Å². The van der Waals surface area contributed by atoms with Gasteiger partial charge in [-0.2, -0.15) is 0 Å². The maximum absolute atomic E-state index is 5.61. The number of hydrogen-bond acceptors (Lipinski definition) is 3. The van der Waals surface area contributed by atoms with Crippen LogP contribution >= 0.6 is 0 Å². The maximum atomic E-state index is 5.61. The van der Waals surface area contributed by atoms with Crippen LogP contribution in [0.25, 0.3) is 0 Å². The van der Waals surface area contributed by atoms with E-state index in [1.807, 2.05) is 14.0 Å². The molecule has 0 fully saturated rings. The molecule has 0 aliphatic rings. The van der Waals surface area contributed by atoms with E-state index in [1.165, 1.54) is 24.0 Å². The van der Waals surface area contributed by atoms with Crippen LogP contribution in [0.2, 0.25) is 0 Å². The molecule has 0 aliphatic heterocycles. The van der Waals surface area contributed by atoms with E-state index in [-0.39, 0.29) is 0 Å². The molecule has 0 radical (unpaired) electrons. The highest BCUT2D eigenvalue weighted by Crippen LogP contribution is 2.28. The summed E-state index contributed by atoms with van der Waals surface area (Å²) >= 11 is 0. The molecule has 1 N–H and O–H groups in total. The first-order valence-electron chi connectivity index (χ1n) is 7.14. The Morgan fingerprint density at radius 2 is 2.05 bits per heavy atom. The van der Waals surface area contributed by atoms with Gasteiger partial charge in [0.15, 0.2) is 0 Å². The van der Waals surface area contributed by atoms with Crippen molar-refractivity contribution in [3.05, 3.63) is 29.3 Å². The minimum absolute atomic E-state index is 0.475. The lowest BCUT2D eigenvalue weighted by Crippen LogP contribution is -2.21. The second kappa shape index (κ2) is 8.18. The molecule has 1 rings (SSSR count). The van der Waals surface area contributed by atoms with Gasteiger partial charge in [0.1, 0.15) is 5.75 Å². The number of hydrogen-bond donors (Lipinski definition) is 1. The van der Waals surface area contributed by atoms with Crippen molar-refractivity contribution < 1.29 is 4.74 Å². The molecular weight excluding hydrogens is 236 g/mol. The van der Waals surface area contributed by atoms with E-state index in [2.05, 4.69) is 49.4 Å². The van der Waals surface area contributed by atoms with E-state index in [0.717, 1.165) is 18.9 Å². The average Bonchev–Trinajstić information content (AvgIpc) is 2.37. The molecule has 0 aliphatic carbocycles. The lowest BCUT2D eigenvalue weighted by atomic mass is 9.99. The number of nitrogens with zero attached hydrogens (tertiary/aromatic N) is 1. The van der Waals surface area contributed by atoms with Crippen molar-refractivity contribution in [2.45, 2.75) is 32.7 Å². The molecular formula is C16H28N2O. The van der Waals surface area contributed by atoms with Gasteiger partial charge >= 0.3 is 0 Å². The Bertz CT molecular complexity index is 377. The number of benzene rings is 1. The average molecular weight is 264 g/mol. The summed E-state index contributed by atoms with van der Waals surface area (Å²) in [5.74, 6) is 0.999. The summed E-state index contributed by atoms with van der Waals surface area (Å²) in [6.07, 6.45) is 2.35. The van der Waals surface area contributed by atoms with Crippen molar-refractivity contribution in [2.75, 3.05) is 34.3 Å². The first-order valence-corrected chi connectivity index (χ1v) is 7.14. The molecule has 0 amide bonds. The summed E-state index contributed by atoms with van der Waals surface area (Å²) in [4.78, 5) is 2.30. The smallest absolute Gasteiger partial charge is 0.122 e. The van der Waals surface area contributed by atoms with Gasteiger partial charge in [0.2, 0.25) is 0 Å². The molecule has 3 heteroatoms. The lowest BCUT2D eigenvalue weighted by Gasteiger charge is -2.25. The van der Waals surface area contributed by atoms with Gasteiger partial charge in [-0.05, 0) is 71.6 Å². The molecule has 3 nitrogen and oxygen atoms in total. The summed E-state index contributed by atoms with van der Waals surface area (Å²) < 4.78 is 5.61. The second-order valence-electron chi connectivity index (χ2n) is 5.18. The summed E-state index contributed by atoms with van der Waals surface area (Å²) in [5, 5.41) is 3.21. The summed E-state index contributed by atoms with van der Waals surface area (Å²) in [6, 6.07) is 7.03. The summed E-state index contributed by atoms with van der Waals surface area (Å²) in [5.41, 5.74) is 2.60. The normalized spacial score (nSPS) is 12.7. The minimum Gasteiger partial charge on any atom is -0.494 e. The van der Waals surface area contributed by atoms with Crippen LogP contribution in [0.4, 0.5) is 0 Å². The Labute approximate surface area is 118 Å². The fourth-order valence-electron chi connectivity index (χ4n) is 2.39. The van der Waals surface area contributed by atoms with Crippen molar-refractivity contribution in [1.82, 2.24) is 10.2 Å². The third kappa shape index (κ3) is 4.84. The van der Waals surface area contributed by atoms with Gasteiger partial charge in [-0.3, -0.25) is 0 Å². The largest absolute Gasteiger partial charge is 0.494 e. The number of aryl methyl sites for hydroxylation is 1. The van der Waals surface area contributed by atoms with Crippen LogP contribution in [-0.4, -0.2) is 39.2 Å². The van der Waals surface area contributed by atoms with E-state index in [1.54, 1.807) is 0 Å². The Hall–Kier alpha value is -1.06. The molecule has 0 spiro atoms. The Kier molecular flexibility index (Phi) is 6.89. The zero-order valence-corrected chi connectivity index (χ0v) is 13.0. The van der Waals surface area contributed by atoms with Crippen molar-refractivity contribution in [3.63, 3.8) is 0 Å². The predicted molar refractivity (Wildman–Crippen MR) is 81.9 cm³/mol. The van der Waals surface area contributed by atoms with Gasteiger partial charge < -0.3 is 15.0 Å². The zero-order chi connectivity index (χ0) is 14.3. The molecule has 1 aromatic rings. The first-order chi connectivity index (χ1) is 9.10. The Balaban J connectivity index is 2.81. The molecule has 1 atom stereocenters. The molecule has 1 unspecified atom stereocenters. The maximum Gasteiger partial charge on any atom is 0.122 e. The van der Waals surface area contributed by atoms with Gasteiger partial charge in [-0.1, -0.05) is 12.1 Å². The quantitative estimate of drug-likeness (QED) is 0.731. The van der Waals surface area contributed by atoms with Crippen LogP contribution in [0.3, 0.4) is 0 Å². The molecule has 1 aromatic carbocycles. The highest BCUT2D eigenvalue weighted by Gasteiger charge is 2.14. The molecule has 0 saturated carbocycles. The number of nitrogens with one attached hydrogen (secondary N) is 1. The number of rotatable bonds is 8. The van der Waals surface area contributed by atoms with Crippen molar-refractivity contribution in [3.8, 4) is 5.75 Å². The zero-order valence-electron chi connectivity index (χ0n) is 13.0. The van der Waals surface area contributed by atoms with E-state index < -0.39 is 0 Å². The van der Waals surface area contributed by atoms with E-state index >= 15 is 0 Å². The topological polar surface area (TPSA) is 24.5 Å². The molecule has 108 valence electrons. The van der Waals surface area contributed by atoms with Crippen molar-refractivity contribution in [1.29, 1.82) is 0 Å². The Morgan fingerprint density at radius 3 is 2.58 bits per heavy atom. The molecule has 0 heterocycles. The fraction of sp³-hybridized carbons (Fsp3) is 0.625. The third-order valence-corrected chi connectivity index (χ3v) is 3.41. The SMILES string of the molecule is CCOc1ccc(C(CCCNC)N(C)C)cc1C. The third-order valence-electron chi connectivity index (χ3n) is 3.41. The summed E-state index contributed by atoms with van der Waals surface area (Å²) in [7, 11) is 6.30. The van der Waals surface area contributed by atoms with E-state index in [4.69, 9.17) is 4.74 Å². The molecule has 19 heavy (non-hydrogen) atoms. The van der Waals surface area contributed by atoms with Crippen LogP contribution in [-0.2, 0) is 0 Å². The van der Waals surface area contributed by atoms with Gasteiger partial charge in [0.25, 0.3) is 0 Å². The highest BCUT2D eigenvalue weighted by atomic mass is 16.5. The standard InChI is InChI=1S/C16H28N2O/c1-6-19-16-10-9-14(12-13(16)2)15(18(4)5)8-7-11-17-3/h9-10,12,15,17H,6-8,11H2,1-5H3. The van der Waals surface area contributed by atoms with Gasteiger partial charge in [0.05, 0.1) is 6.61 Å². The predicted octanol–water partition coefficient (Wildman–Crippen LogP) is 3.00. The molecule has 0 bridgehead atoms. The van der Waals surface area contributed by atoms with Crippen LogP contribution in [0.1, 0.15) is 36.9 Å². The lowest BCUT2D eigenvalue weighted by molar-refractivity contribution is 0.278. The monoisotopic (exact) mass is 264 g/mol. The second-order valence-corrected chi connectivity index (χ2v) is 5.18. The van der Waals surface area contributed by atoms with Gasteiger partial charge in [-0.15, -0.1) is 0 Å². The minimum atomic E-state index is 0.475. The van der Waals surface area contributed by atoms with Crippen LogP contribution in [0.15, 0.2) is 18.2 Å². The molecule has 0 saturated heterocycles. The van der Waals surface area contributed by atoms with E-state index in [9.17, 15) is 0 Å². The first kappa shape index (κ1) is 16.0. The van der Waals surface area contributed by atoms with Gasteiger partial charge in [-0.25, -0.2) is 0 Å². The van der Waals surface area contributed by atoms with Crippen molar-refractivity contribution >= 4 is 0 Å².